The van der Waals surface area contributed by atoms with Gasteiger partial charge in [-0.25, -0.2) is 9.97 Å². The summed E-state index contributed by atoms with van der Waals surface area (Å²) in [5.74, 6) is 0.770. The zero-order chi connectivity index (χ0) is 35.8. The van der Waals surface area contributed by atoms with Crippen LogP contribution in [0.25, 0.3) is 64.7 Å². The number of rotatable bonds is 7. The minimum atomic E-state index is 0.770. The smallest absolute Gasteiger partial charge is 0.161 e. The van der Waals surface area contributed by atoms with Gasteiger partial charge in [0.1, 0.15) is 0 Å². The summed E-state index contributed by atoms with van der Waals surface area (Å²) in [6.45, 7) is 0. The maximum atomic E-state index is 5.29. The van der Waals surface area contributed by atoms with Crippen LogP contribution in [-0.4, -0.2) is 9.97 Å². The number of para-hydroxylation sites is 1. The summed E-state index contributed by atoms with van der Waals surface area (Å²) in [7, 11) is 0. The molecule has 0 radical (unpaired) electrons. The summed E-state index contributed by atoms with van der Waals surface area (Å²) in [6.07, 6.45) is 15.4. The van der Waals surface area contributed by atoms with Gasteiger partial charge in [-0.3, -0.25) is 0 Å². The van der Waals surface area contributed by atoms with Crippen molar-refractivity contribution >= 4 is 64.9 Å². The number of benzene rings is 6. The van der Waals surface area contributed by atoms with E-state index >= 15 is 0 Å². The van der Waals surface area contributed by atoms with Crippen LogP contribution >= 0.6 is 11.3 Å². The Kier molecular flexibility index (Phi) is 8.31. The van der Waals surface area contributed by atoms with E-state index in [0.717, 1.165) is 65.0 Å². The minimum absolute atomic E-state index is 0.770. The number of hydrogen-bond donors (Lipinski definition) is 0. The first-order chi connectivity index (χ1) is 26.8. The van der Waals surface area contributed by atoms with E-state index in [-0.39, 0.29) is 0 Å². The fraction of sp³-hybridized carbons (Fsp3) is 0.0800. The third-order valence-electron chi connectivity index (χ3n) is 10.6. The van der Waals surface area contributed by atoms with Crippen LogP contribution in [0.4, 0.5) is 11.4 Å². The average molecular weight is 712 g/mol. The fourth-order valence-electron chi connectivity index (χ4n) is 7.97. The summed E-state index contributed by atoms with van der Waals surface area (Å²) in [5, 5.41) is 3.53. The highest BCUT2D eigenvalue weighted by atomic mass is 32.1. The van der Waals surface area contributed by atoms with Gasteiger partial charge in [0.05, 0.1) is 11.2 Å². The number of aromatic nitrogens is 2. The van der Waals surface area contributed by atoms with Gasteiger partial charge in [0.25, 0.3) is 0 Å². The van der Waals surface area contributed by atoms with Crippen molar-refractivity contribution < 1.29 is 0 Å². The van der Waals surface area contributed by atoms with Crippen molar-refractivity contribution in [1.29, 1.82) is 0 Å². The van der Waals surface area contributed by atoms with Gasteiger partial charge in [-0.15, -0.1) is 11.3 Å². The van der Waals surface area contributed by atoms with Gasteiger partial charge in [-0.2, -0.15) is 0 Å². The fourth-order valence-corrected chi connectivity index (χ4v) is 9.13. The van der Waals surface area contributed by atoms with Crippen molar-refractivity contribution in [3.63, 3.8) is 0 Å². The zero-order valence-corrected chi connectivity index (χ0v) is 30.6. The predicted octanol–water partition coefficient (Wildman–Crippen LogP) is 14.0. The van der Waals surface area contributed by atoms with Crippen molar-refractivity contribution in [3.05, 3.63) is 193 Å². The Morgan fingerprint density at radius 3 is 2.09 bits per heavy atom. The highest BCUT2D eigenvalue weighted by molar-refractivity contribution is 7.26. The lowest BCUT2D eigenvalue weighted by atomic mass is 9.95. The van der Waals surface area contributed by atoms with E-state index in [9.17, 15) is 0 Å². The predicted molar refractivity (Wildman–Crippen MR) is 230 cm³/mol. The van der Waals surface area contributed by atoms with E-state index in [0.29, 0.717) is 0 Å². The lowest BCUT2D eigenvalue weighted by Crippen LogP contribution is -2.17. The Bertz CT molecular complexity index is 2810. The Balaban J connectivity index is 1.09. The van der Waals surface area contributed by atoms with Gasteiger partial charge in [-0.05, 0) is 96.0 Å². The first kappa shape index (κ1) is 32.3. The van der Waals surface area contributed by atoms with Crippen LogP contribution < -0.4 is 4.90 Å². The third kappa shape index (κ3) is 5.95. The molecule has 10 rings (SSSR count). The van der Waals surface area contributed by atoms with Gasteiger partial charge in [0.15, 0.2) is 5.82 Å². The lowest BCUT2D eigenvalue weighted by Gasteiger charge is -2.30. The number of anilines is 2. The molecule has 8 aromatic rings. The van der Waals surface area contributed by atoms with Crippen molar-refractivity contribution in [1.82, 2.24) is 9.97 Å². The van der Waals surface area contributed by atoms with Gasteiger partial charge >= 0.3 is 0 Å². The number of hydrogen-bond acceptors (Lipinski definition) is 4. The van der Waals surface area contributed by atoms with E-state index in [1.165, 1.54) is 53.7 Å². The number of fused-ring (bicyclic) bond motifs is 4. The normalized spacial score (nSPS) is 14.3. The summed E-state index contributed by atoms with van der Waals surface area (Å²) < 4.78 is 2.48. The average Bonchev–Trinajstić information content (AvgIpc) is 3.63. The van der Waals surface area contributed by atoms with Crippen LogP contribution in [0.15, 0.2) is 182 Å². The maximum absolute atomic E-state index is 5.29. The maximum Gasteiger partial charge on any atom is 0.161 e. The zero-order valence-electron chi connectivity index (χ0n) is 29.8. The molecule has 0 fully saturated rings. The molecule has 0 saturated heterocycles. The van der Waals surface area contributed by atoms with Crippen LogP contribution in [0, 0.1) is 0 Å². The molecule has 2 aromatic heterocycles. The monoisotopic (exact) mass is 711 g/mol. The molecule has 54 heavy (non-hydrogen) atoms. The Morgan fingerprint density at radius 2 is 1.31 bits per heavy atom. The molecule has 0 atom stereocenters. The molecule has 4 heteroatoms. The third-order valence-corrected chi connectivity index (χ3v) is 11.8. The van der Waals surface area contributed by atoms with E-state index in [2.05, 4.69) is 181 Å². The minimum Gasteiger partial charge on any atom is -0.314 e. The highest BCUT2D eigenvalue weighted by Gasteiger charge is 2.21. The van der Waals surface area contributed by atoms with E-state index in [4.69, 9.17) is 9.97 Å². The van der Waals surface area contributed by atoms with Crippen LogP contribution in [0.1, 0.15) is 36.9 Å². The second-order valence-electron chi connectivity index (χ2n) is 14.0. The Hall–Kier alpha value is -6.36. The molecule has 258 valence electrons. The standard InChI is InChI=1S/C50H37N3S/c1-4-13-34(14-5-1)36-23-27-39(28-24-36)53(40-29-25-37(26-30-40)35-15-6-2-7-16-35)41-31-32-43-47(33-41)54-46-22-12-20-44(48(43)46)50-51-45-21-11-10-19-42(45)49(52-50)38-17-8-3-9-18-38/h1-2,4-8,10-25,27-29,31-33H,3,9,26,30H2. The molecule has 0 unspecified atom stereocenters. The van der Waals surface area contributed by atoms with Crippen molar-refractivity contribution in [2.75, 3.05) is 4.90 Å². The Labute approximate surface area is 319 Å². The molecule has 0 aliphatic heterocycles. The van der Waals surface area contributed by atoms with E-state index in [1.807, 2.05) is 11.3 Å². The molecule has 2 aliphatic carbocycles. The number of allylic oxidation sites excluding steroid dienone is 8. The molecule has 3 nitrogen and oxygen atoms in total. The van der Waals surface area contributed by atoms with Gasteiger partial charge < -0.3 is 4.90 Å². The van der Waals surface area contributed by atoms with E-state index < -0.39 is 0 Å². The van der Waals surface area contributed by atoms with Gasteiger partial charge in [0, 0.05) is 48.2 Å². The van der Waals surface area contributed by atoms with Gasteiger partial charge in [-0.1, -0.05) is 133 Å². The first-order valence-electron chi connectivity index (χ1n) is 18.8. The van der Waals surface area contributed by atoms with Crippen molar-refractivity contribution in [2.45, 2.75) is 25.7 Å². The first-order valence-corrected chi connectivity index (χ1v) is 19.6. The van der Waals surface area contributed by atoms with Crippen LogP contribution in [0.2, 0.25) is 0 Å². The largest absolute Gasteiger partial charge is 0.314 e. The number of thiophene rings is 1. The second kappa shape index (κ2) is 13.9. The van der Waals surface area contributed by atoms with Crippen LogP contribution in [0.3, 0.4) is 0 Å². The molecule has 2 heterocycles. The summed E-state index contributed by atoms with van der Waals surface area (Å²) in [4.78, 5) is 12.9. The Morgan fingerprint density at radius 1 is 0.556 bits per heavy atom. The lowest BCUT2D eigenvalue weighted by molar-refractivity contribution is 0.930. The summed E-state index contributed by atoms with van der Waals surface area (Å²) in [6, 6.07) is 52.3. The SMILES string of the molecule is C1=CC(c2nc(-c3cccc4sc5cc(N(C6=CC=C(c7ccccc7)CC6)c6ccc(-c7ccccc7)cc6)ccc5c34)nc3ccccc23)=CCC1. The van der Waals surface area contributed by atoms with Gasteiger partial charge in [0.2, 0.25) is 0 Å². The van der Waals surface area contributed by atoms with Crippen LogP contribution in [-0.2, 0) is 0 Å². The molecule has 0 saturated carbocycles. The second-order valence-corrected chi connectivity index (χ2v) is 15.1. The molecule has 0 bridgehead atoms. The van der Waals surface area contributed by atoms with E-state index in [1.54, 1.807) is 0 Å². The molecular weight excluding hydrogens is 675 g/mol. The van der Waals surface area contributed by atoms with Crippen LogP contribution in [0.5, 0.6) is 0 Å². The topological polar surface area (TPSA) is 29.0 Å². The quantitative estimate of drug-likeness (QED) is 0.165. The van der Waals surface area contributed by atoms with Crippen molar-refractivity contribution in [3.8, 4) is 22.5 Å². The molecule has 0 amide bonds. The summed E-state index contributed by atoms with van der Waals surface area (Å²) in [5.41, 5.74) is 12.9. The summed E-state index contributed by atoms with van der Waals surface area (Å²) >= 11 is 1.84. The molecule has 2 aliphatic rings. The highest BCUT2D eigenvalue weighted by Crippen LogP contribution is 2.44. The molecular formula is C50H37N3S. The van der Waals surface area contributed by atoms with Crippen molar-refractivity contribution in [2.24, 2.45) is 0 Å². The number of nitrogens with zero attached hydrogens (tertiary/aromatic N) is 3. The molecule has 6 aromatic carbocycles. The molecule has 0 N–H and O–H groups in total. The molecule has 0 spiro atoms.